The second-order valence-electron chi connectivity index (χ2n) is 4.12. The maximum Gasteiger partial charge on any atom is 0.260 e. The van der Waals surface area contributed by atoms with E-state index >= 15 is 0 Å². The van der Waals surface area contributed by atoms with Crippen LogP contribution in [0.25, 0.3) is 0 Å². The molecule has 17 heavy (non-hydrogen) atoms. The van der Waals surface area contributed by atoms with Gasteiger partial charge in [0.25, 0.3) is 5.91 Å². The number of hydrogen-bond acceptors (Lipinski definition) is 2. The van der Waals surface area contributed by atoms with Crippen LogP contribution in [-0.4, -0.2) is 29.9 Å². The first-order chi connectivity index (χ1) is 8.15. The Morgan fingerprint density at radius 1 is 1.35 bits per heavy atom. The summed E-state index contributed by atoms with van der Waals surface area (Å²) in [6.07, 6.45) is 1.75. The predicted octanol–water partition coefficient (Wildman–Crippen LogP) is 1.53. The predicted molar refractivity (Wildman–Crippen MR) is 59.5 cm³/mol. The Balaban J connectivity index is 2.28. The van der Waals surface area contributed by atoms with Crippen LogP contribution in [0.2, 0.25) is 0 Å². The molecule has 2 N–H and O–H groups in total. The largest absolute Gasteiger partial charge is 0.334 e. The minimum absolute atomic E-state index is 0.0880. The molecular weight excluding hydrogens is 226 g/mol. The van der Waals surface area contributed by atoms with Gasteiger partial charge >= 0.3 is 0 Å². The first-order valence-electron chi connectivity index (χ1n) is 5.60. The van der Waals surface area contributed by atoms with Crippen LogP contribution in [0.4, 0.5) is 8.78 Å². The van der Waals surface area contributed by atoms with Gasteiger partial charge in [0.05, 0.1) is 0 Å². The van der Waals surface area contributed by atoms with Crippen molar-refractivity contribution in [3.8, 4) is 0 Å². The molecule has 0 bridgehead atoms. The number of nitrogens with two attached hydrogens (primary N) is 1. The van der Waals surface area contributed by atoms with Crippen LogP contribution in [0.3, 0.4) is 0 Å². The van der Waals surface area contributed by atoms with E-state index in [9.17, 15) is 13.6 Å². The second-order valence-corrected chi connectivity index (χ2v) is 4.12. The van der Waals surface area contributed by atoms with Crippen LogP contribution in [-0.2, 0) is 0 Å². The van der Waals surface area contributed by atoms with Crippen molar-refractivity contribution in [2.24, 2.45) is 5.73 Å². The summed E-state index contributed by atoms with van der Waals surface area (Å²) < 4.78 is 26.9. The summed E-state index contributed by atoms with van der Waals surface area (Å²) in [5, 5.41) is 0. The number of benzene rings is 1. The highest BCUT2D eigenvalue weighted by atomic mass is 19.1. The molecule has 1 amide bonds. The molecule has 0 saturated heterocycles. The molecule has 1 aromatic carbocycles. The van der Waals surface area contributed by atoms with Crippen LogP contribution < -0.4 is 5.73 Å². The zero-order valence-electron chi connectivity index (χ0n) is 9.33. The van der Waals surface area contributed by atoms with Crippen molar-refractivity contribution in [1.29, 1.82) is 0 Å². The zero-order valence-corrected chi connectivity index (χ0v) is 9.33. The van der Waals surface area contributed by atoms with Crippen molar-refractivity contribution < 1.29 is 13.6 Å². The van der Waals surface area contributed by atoms with Gasteiger partial charge in [-0.05, 0) is 25.0 Å². The number of halogens is 2. The molecule has 1 saturated carbocycles. The molecule has 0 unspecified atom stereocenters. The molecule has 3 nitrogen and oxygen atoms in total. The van der Waals surface area contributed by atoms with Gasteiger partial charge in [0.2, 0.25) is 0 Å². The van der Waals surface area contributed by atoms with Gasteiger partial charge in [-0.2, -0.15) is 0 Å². The quantitative estimate of drug-likeness (QED) is 0.867. The third kappa shape index (κ3) is 2.44. The SMILES string of the molecule is NCCN(C(=O)c1c(F)cccc1F)C1CC1. The molecular formula is C12H14F2N2O. The number of carbonyl (C=O) groups is 1. The van der Waals surface area contributed by atoms with Crippen molar-refractivity contribution in [2.45, 2.75) is 18.9 Å². The van der Waals surface area contributed by atoms with Crippen molar-refractivity contribution >= 4 is 5.91 Å². The van der Waals surface area contributed by atoms with Gasteiger partial charge in [0, 0.05) is 19.1 Å². The Labute approximate surface area is 98.2 Å². The first-order valence-corrected chi connectivity index (χ1v) is 5.60. The van der Waals surface area contributed by atoms with Crippen LogP contribution in [0.1, 0.15) is 23.2 Å². The van der Waals surface area contributed by atoms with Gasteiger partial charge in [0.1, 0.15) is 17.2 Å². The zero-order chi connectivity index (χ0) is 12.4. The summed E-state index contributed by atoms with van der Waals surface area (Å²) in [7, 11) is 0. The molecule has 0 aromatic heterocycles. The lowest BCUT2D eigenvalue weighted by molar-refractivity contribution is 0.0738. The van der Waals surface area contributed by atoms with Crippen molar-refractivity contribution in [2.75, 3.05) is 13.1 Å². The Morgan fingerprint density at radius 2 is 1.94 bits per heavy atom. The summed E-state index contributed by atoms with van der Waals surface area (Å²) in [5.41, 5.74) is 4.93. The standard InChI is InChI=1S/C12H14F2N2O/c13-9-2-1-3-10(14)11(9)12(17)16(7-6-15)8-4-5-8/h1-3,8H,4-7,15H2. The van der Waals surface area contributed by atoms with Gasteiger partial charge in [-0.15, -0.1) is 0 Å². The highest BCUT2D eigenvalue weighted by Gasteiger charge is 2.34. The summed E-state index contributed by atoms with van der Waals surface area (Å²) >= 11 is 0. The highest BCUT2D eigenvalue weighted by Crippen LogP contribution is 2.28. The van der Waals surface area contributed by atoms with Crippen LogP contribution in [0.15, 0.2) is 18.2 Å². The number of nitrogens with zero attached hydrogens (tertiary/aromatic N) is 1. The molecule has 0 heterocycles. The molecule has 1 aromatic rings. The average molecular weight is 240 g/mol. The van der Waals surface area contributed by atoms with Crippen LogP contribution >= 0.6 is 0 Å². The minimum atomic E-state index is -0.822. The molecule has 1 aliphatic rings. The van der Waals surface area contributed by atoms with E-state index in [-0.39, 0.29) is 12.6 Å². The Bertz CT molecular complexity index is 412. The number of rotatable bonds is 4. The van der Waals surface area contributed by atoms with Gasteiger partial charge < -0.3 is 10.6 Å². The Kier molecular flexibility index (Phi) is 3.38. The van der Waals surface area contributed by atoms with E-state index in [1.54, 1.807) is 0 Å². The molecule has 2 rings (SSSR count). The first kappa shape index (κ1) is 12.0. The molecule has 5 heteroatoms. The van der Waals surface area contributed by atoms with Gasteiger partial charge in [0.15, 0.2) is 0 Å². The topological polar surface area (TPSA) is 46.3 Å². The lowest BCUT2D eigenvalue weighted by Gasteiger charge is -2.22. The summed E-state index contributed by atoms with van der Waals surface area (Å²) in [6, 6.07) is 3.50. The van der Waals surface area contributed by atoms with Crippen LogP contribution in [0, 0.1) is 11.6 Å². The normalized spacial score (nSPS) is 14.8. The third-order valence-electron chi connectivity index (χ3n) is 2.80. The second kappa shape index (κ2) is 4.79. The van der Waals surface area contributed by atoms with E-state index in [0.29, 0.717) is 6.54 Å². The fraction of sp³-hybridized carbons (Fsp3) is 0.417. The third-order valence-corrected chi connectivity index (χ3v) is 2.80. The maximum absolute atomic E-state index is 13.5. The van der Waals surface area contributed by atoms with E-state index in [0.717, 1.165) is 25.0 Å². The van der Waals surface area contributed by atoms with Crippen LogP contribution in [0.5, 0.6) is 0 Å². The number of hydrogen-bond donors (Lipinski definition) is 1. The van der Waals surface area contributed by atoms with E-state index in [1.807, 2.05) is 0 Å². The Hall–Kier alpha value is -1.49. The van der Waals surface area contributed by atoms with Gasteiger partial charge in [-0.25, -0.2) is 8.78 Å². The van der Waals surface area contributed by atoms with E-state index in [1.165, 1.54) is 11.0 Å². The fourth-order valence-corrected chi connectivity index (χ4v) is 1.82. The molecule has 0 spiro atoms. The molecule has 0 atom stereocenters. The monoisotopic (exact) mass is 240 g/mol. The molecule has 0 aliphatic heterocycles. The van der Waals surface area contributed by atoms with E-state index in [2.05, 4.69) is 0 Å². The Morgan fingerprint density at radius 3 is 2.41 bits per heavy atom. The summed E-state index contributed by atoms with van der Waals surface area (Å²) in [6.45, 7) is 0.621. The van der Waals surface area contributed by atoms with E-state index in [4.69, 9.17) is 5.73 Å². The molecule has 1 fully saturated rings. The number of carbonyl (C=O) groups excluding carboxylic acids is 1. The lowest BCUT2D eigenvalue weighted by Crippen LogP contribution is -2.38. The van der Waals surface area contributed by atoms with Crippen molar-refractivity contribution in [1.82, 2.24) is 4.90 Å². The summed E-state index contributed by atoms with van der Waals surface area (Å²) in [5.74, 6) is -2.25. The lowest BCUT2D eigenvalue weighted by atomic mass is 10.1. The van der Waals surface area contributed by atoms with Gasteiger partial charge in [-0.1, -0.05) is 6.07 Å². The fourth-order valence-electron chi connectivity index (χ4n) is 1.82. The maximum atomic E-state index is 13.5. The molecule has 92 valence electrons. The van der Waals surface area contributed by atoms with Crippen molar-refractivity contribution in [3.05, 3.63) is 35.4 Å². The van der Waals surface area contributed by atoms with Gasteiger partial charge in [-0.3, -0.25) is 4.79 Å². The average Bonchev–Trinajstić information content (AvgIpc) is 3.09. The molecule has 1 aliphatic carbocycles. The number of amides is 1. The summed E-state index contributed by atoms with van der Waals surface area (Å²) in [4.78, 5) is 13.5. The smallest absolute Gasteiger partial charge is 0.260 e. The van der Waals surface area contributed by atoms with Crippen molar-refractivity contribution in [3.63, 3.8) is 0 Å². The molecule has 0 radical (unpaired) electrons. The van der Waals surface area contributed by atoms with E-state index < -0.39 is 23.1 Å². The minimum Gasteiger partial charge on any atom is -0.334 e. The highest BCUT2D eigenvalue weighted by molar-refractivity contribution is 5.95.